The summed E-state index contributed by atoms with van der Waals surface area (Å²) < 4.78 is 20.1. The molecule has 3 rings (SSSR count). The molecule has 20 heavy (non-hydrogen) atoms. The van der Waals surface area contributed by atoms with Gasteiger partial charge < -0.3 is 4.42 Å². The molecule has 0 unspecified atom stereocenters. The zero-order valence-corrected chi connectivity index (χ0v) is 13.2. The molecule has 4 heteroatoms. The first-order valence-electron chi connectivity index (χ1n) is 6.30. The summed E-state index contributed by atoms with van der Waals surface area (Å²) in [5, 5.41) is 1.09. The minimum absolute atomic E-state index is 0.239. The van der Waals surface area contributed by atoms with Gasteiger partial charge in [-0.15, -0.1) is 11.8 Å². The van der Waals surface area contributed by atoms with Gasteiger partial charge in [-0.05, 0) is 48.2 Å². The normalized spacial score (nSPS) is 11.2. The van der Waals surface area contributed by atoms with Crippen molar-refractivity contribution in [2.45, 2.75) is 11.8 Å². The quantitative estimate of drug-likeness (QED) is 0.528. The molecule has 0 saturated heterocycles. The Morgan fingerprint density at radius 3 is 2.60 bits per heavy atom. The first-order chi connectivity index (χ1) is 9.69. The highest BCUT2D eigenvalue weighted by Crippen LogP contribution is 2.41. The molecule has 0 fully saturated rings. The van der Waals surface area contributed by atoms with Gasteiger partial charge in [-0.1, -0.05) is 22.9 Å². The Labute approximate surface area is 129 Å². The number of fused-ring (bicyclic) bond motifs is 1. The summed E-state index contributed by atoms with van der Waals surface area (Å²) in [4.78, 5) is 1.11. The predicted molar refractivity (Wildman–Crippen MR) is 85.7 cm³/mol. The lowest BCUT2D eigenvalue weighted by Gasteiger charge is -2.01. The SMILES string of the molecule is CCSc1c(-c2ccc(F)cc2)oc2ccc(Br)cc12. The molecule has 0 N–H and O–H groups in total. The fourth-order valence-electron chi connectivity index (χ4n) is 2.13. The average molecular weight is 351 g/mol. The highest BCUT2D eigenvalue weighted by atomic mass is 79.9. The Morgan fingerprint density at radius 1 is 1.15 bits per heavy atom. The van der Waals surface area contributed by atoms with E-state index < -0.39 is 0 Å². The highest BCUT2D eigenvalue weighted by molar-refractivity contribution is 9.10. The number of rotatable bonds is 3. The summed E-state index contributed by atoms with van der Waals surface area (Å²) in [6.07, 6.45) is 0. The van der Waals surface area contributed by atoms with E-state index >= 15 is 0 Å². The van der Waals surface area contributed by atoms with Crippen molar-refractivity contribution in [1.82, 2.24) is 0 Å². The van der Waals surface area contributed by atoms with Crippen molar-refractivity contribution in [1.29, 1.82) is 0 Å². The topological polar surface area (TPSA) is 13.1 Å². The van der Waals surface area contributed by atoms with Crippen molar-refractivity contribution in [2.24, 2.45) is 0 Å². The van der Waals surface area contributed by atoms with Crippen molar-refractivity contribution < 1.29 is 8.81 Å². The molecule has 0 saturated carbocycles. The Kier molecular flexibility index (Phi) is 3.85. The average Bonchev–Trinajstić information content (AvgIpc) is 2.79. The molecular formula is C16H12BrFOS. The van der Waals surface area contributed by atoms with Crippen LogP contribution in [0.2, 0.25) is 0 Å². The van der Waals surface area contributed by atoms with E-state index in [1.165, 1.54) is 12.1 Å². The highest BCUT2D eigenvalue weighted by Gasteiger charge is 2.16. The van der Waals surface area contributed by atoms with Crippen molar-refractivity contribution >= 4 is 38.7 Å². The van der Waals surface area contributed by atoms with Crippen LogP contribution in [0, 0.1) is 5.82 Å². The minimum atomic E-state index is -0.239. The molecule has 102 valence electrons. The lowest BCUT2D eigenvalue weighted by atomic mass is 10.1. The number of benzene rings is 2. The molecule has 1 aromatic heterocycles. The largest absolute Gasteiger partial charge is 0.455 e. The molecule has 3 aromatic rings. The lowest BCUT2D eigenvalue weighted by Crippen LogP contribution is -1.79. The number of halogens is 2. The van der Waals surface area contributed by atoms with Gasteiger partial charge in [-0.25, -0.2) is 4.39 Å². The molecular weight excluding hydrogens is 339 g/mol. The van der Waals surface area contributed by atoms with E-state index in [9.17, 15) is 4.39 Å². The lowest BCUT2D eigenvalue weighted by molar-refractivity contribution is 0.619. The van der Waals surface area contributed by atoms with E-state index in [-0.39, 0.29) is 5.82 Å². The van der Waals surface area contributed by atoms with Crippen molar-refractivity contribution in [2.75, 3.05) is 5.75 Å². The van der Waals surface area contributed by atoms with Gasteiger partial charge in [0.25, 0.3) is 0 Å². The molecule has 0 aliphatic rings. The Hall–Kier alpha value is -1.26. The number of thioether (sulfide) groups is 1. The van der Waals surface area contributed by atoms with Crippen LogP contribution in [0.3, 0.4) is 0 Å². The van der Waals surface area contributed by atoms with E-state index in [1.54, 1.807) is 23.9 Å². The first-order valence-corrected chi connectivity index (χ1v) is 8.07. The third-order valence-electron chi connectivity index (χ3n) is 3.00. The van der Waals surface area contributed by atoms with Crippen LogP contribution in [0.1, 0.15) is 6.92 Å². The van der Waals surface area contributed by atoms with E-state index in [0.29, 0.717) is 0 Å². The van der Waals surface area contributed by atoms with Gasteiger partial charge in [0.15, 0.2) is 0 Å². The zero-order valence-electron chi connectivity index (χ0n) is 10.8. The summed E-state index contributed by atoms with van der Waals surface area (Å²) in [5.41, 5.74) is 1.75. The molecule has 0 aliphatic carbocycles. The van der Waals surface area contributed by atoms with Crippen molar-refractivity contribution in [3.05, 3.63) is 52.8 Å². The van der Waals surface area contributed by atoms with Gasteiger partial charge in [0, 0.05) is 15.4 Å². The predicted octanol–water partition coefficient (Wildman–Crippen LogP) is 6.11. The third kappa shape index (κ3) is 2.50. The summed E-state index contributed by atoms with van der Waals surface area (Å²) in [7, 11) is 0. The van der Waals surface area contributed by atoms with E-state index in [4.69, 9.17) is 4.42 Å². The van der Waals surface area contributed by atoms with Gasteiger partial charge in [0.1, 0.15) is 17.2 Å². The summed E-state index contributed by atoms with van der Waals surface area (Å²) in [6, 6.07) is 12.4. The van der Waals surface area contributed by atoms with Crippen molar-refractivity contribution in [3.8, 4) is 11.3 Å². The molecule has 0 aliphatic heterocycles. The molecule has 1 nitrogen and oxygen atoms in total. The summed E-state index contributed by atoms with van der Waals surface area (Å²) >= 11 is 5.23. The molecule has 1 heterocycles. The maximum Gasteiger partial charge on any atom is 0.148 e. The molecule has 0 bridgehead atoms. The van der Waals surface area contributed by atoms with Gasteiger partial charge in [0.2, 0.25) is 0 Å². The second-order valence-corrected chi connectivity index (χ2v) is 6.53. The Bertz CT molecular complexity index is 749. The minimum Gasteiger partial charge on any atom is -0.455 e. The maximum absolute atomic E-state index is 13.1. The number of furan rings is 1. The zero-order chi connectivity index (χ0) is 14.1. The Balaban J connectivity index is 2.23. The third-order valence-corrected chi connectivity index (χ3v) is 4.48. The maximum atomic E-state index is 13.1. The van der Waals surface area contributed by atoms with Gasteiger partial charge in [-0.2, -0.15) is 0 Å². The van der Waals surface area contributed by atoms with Crippen LogP contribution in [0.25, 0.3) is 22.3 Å². The van der Waals surface area contributed by atoms with Crippen LogP contribution in [0.5, 0.6) is 0 Å². The fraction of sp³-hybridized carbons (Fsp3) is 0.125. The van der Waals surface area contributed by atoms with Gasteiger partial charge in [-0.3, -0.25) is 0 Å². The smallest absolute Gasteiger partial charge is 0.148 e. The molecule has 0 atom stereocenters. The fourth-order valence-corrected chi connectivity index (χ4v) is 3.38. The van der Waals surface area contributed by atoms with E-state index in [0.717, 1.165) is 37.4 Å². The van der Waals surface area contributed by atoms with Crippen LogP contribution in [-0.2, 0) is 0 Å². The van der Waals surface area contributed by atoms with E-state index in [1.807, 2.05) is 12.1 Å². The summed E-state index contributed by atoms with van der Waals surface area (Å²) in [5.74, 6) is 1.53. The second kappa shape index (κ2) is 5.62. The van der Waals surface area contributed by atoms with Gasteiger partial charge in [0.05, 0.1) is 4.90 Å². The Morgan fingerprint density at radius 2 is 1.90 bits per heavy atom. The molecule has 0 spiro atoms. The molecule has 2 aromatic carbocycles. The standard InChI is InChI=1S/C16H12BrFOS/c1-2-20-16-13-9-11(17)5-8-14(13)19-15(16)10-3-6-12(18)7-4-10/h3-9H,2H2,1H3. The van der Waals surface area contributed by atoms with Crippen LogP contribution in [0.4, 0.5) is 4.39 Å². The number of hydrogen-bond acceptors (Lipinski definition) is 2. The summed E-state index contributed by atoms with van der Waals surface area (Å²) in [6.45, 7) is 2.11. The van der Waals surface area contributed by atoms with Crippen molar-refractivity contribution in [3.63, 3.8) is 0 Å². The van der Waals surface area contributed by atoms with E-state index in [2.05, 4.69) is 28.9 Å². The monoisotopic (exact) mass is 350 g/mol. The molecule has 0 amide bonds. The van der Waals surface area contributed by atoms with Crippen LogP contribution >= 0.6 is 27.7 Å². The first kappa shape index (κ1) is 13.7. The number of hydrogen-bond donors (Lipinski definition) is 0. The van der Waals surface area contributed by atoms with Crippen LogP contribution in [0.15, 0.2) is 56.2 Å². The van der Waals surface area contributed by atoms with Gasteiger partial charge >= 0.3 is 0 Å². The van der Waals surface area contributed by atoms with Crippen LogP contribution in [-0.4, -0.2) is 5.75 Å². The molecule has 0 radical (unpaired) electrons. The second-order valence-electron chi connectivity index (χ2n) is 4.34. The van der Waals surface area contributed by atoms with Crippen LogP contribution < -0.4 is 0 Å².